The molecule has 0 radical (unpaired) electrons. The molecule has 1 aromatic carbocycles. The lowest BCUT2D eigenvalue weighted by atomic mass is 9.81. The molecule has 4 N–H and O–H groups in total. The van der Waals surface area contributed by atoms with Gasteiger partial charge in [-0.1, -0.05) is 30.3 Å². The van der Waals surface area contributed by atoms with Gasteiger partial charge >= 0.3 is 17.5 Å². The molecule has 14 heavy (non-hydrogen) atoms. The maximum absolute atomic E-state index is 8.74. The van der Waals surface area contributed by atoms with Crippen LogP contribution in [0.15, 0.2) is 30.3 Å². The summed E-state index contributed by atoms with van der Waals surface area (Å²) in [5, 5.41) is 17.2. The summed E-state index contributed by atoms with van der Waals surface area (Å²) in [4.78, 5) is 0. The fraction of sp³-hybridized carbons (Fsp3) is 0. The molecule has 78 valence electrons. The van der Waals surface area contributed by atoms with Gasteiger partial charge in [-0.3, -0.25) is 9.11 Å². The monoisotopic (exact) mass is 220 g/mol. The van der Waals surface area contributed by atoms with Gasteiger partial charge in [0.05, 0.1) is 0 Å². The Bertz CT molecular complexity index is 340. The molecule has 0 fully saturated rings. The minimum Gasteiger partial charge on any atom is -0.423 e. The third kappa shape index (κ3) is 9.17. The van der Waals surface area contributed by atoms with Crippen molar-refractivity contribution >= 4 is 23.0 Å². The number of benzene rings is 1. The molecular formula is C6H9BO6S. The number of hydrogen-bond acceptors (Lipinski definition) is 4. The smallest absolute Gasteiger partial charge is 0.423 e. The van der Waals surface area contributed by atoms with Gasteiger partial charge < -0.3 is 10.0 Å². The Morgan fingerprint density at radius 2 is 1.36 bits per heavy atom. The lowest BCUT2D eigenvalue weighted by Gasteiger charge is -1.94. The maximum atomic E-state index is 8.74. The van der Waals surface area contributed by atoms with Gasteiger partial charge in [0.25, 0.3) is 0 Å². The largest absolute Gasteiger partial charge is 0.488 e. The summed E-state index contributed by atoms with van der Waals surface area (Å²) >= 11 is 0. The zero-order valence-electron chi connectivity index (χ0n) is 6.98. The predicted octanol–water partition coefficient (Wildman–Crippen LogP) is -1.29. The van der Waals surface area contributed by atoms with Crippen LogP contribution in [0, 0.1) is 0 Å². The molecule has 0 bridgehead atoms. The zero-order valence-corrected chi connectivity index (χ0v) is 7.79. The van der Waals surface area contributed by atoms with E-state index in [9.17, 15) is 0 Å². The molecule has 0 unspecified atom stereocenters. The second-order valence-corrected chi connectivity index (χ2v) is 3.13. The van der Waals surface area contributed by atoms with Gasteiger partial charge in [0.2, 0.25) is 0 Å². The first-order chi connectivity index (χ1) is 6.30. The van der Waals surface area contributed by atoms with E-state index in [0.29, 0.717) is 5.46 Å². The molecule has 0 atom stereocenters. The highest BCUT2D eigenvalue weighted by atomic mass is 32.3. The van der Waals surface area contributed by atoms with Crippen LogP contribution < -0.4 is 5.46 Å². The second kappa shape index (κ2) is 5.73. The van der Waals surface area contributed by atoms with Gasteiger partial charge in [-0.05, 0) is 5.46 Å². The van der Waals surface area contributed by atoms with E-state index >= 15 is 0 Å². The SMILES string of the molecule is O=S(=O)(O)O.OB(O)c1ccccc1. The van der Waals surface area contributed by atoms with Crippen LogP contribution in [0.1, 0.15) is 0 Å². The maximum Gasteiger partial charge on any atom is 0.488 e. The molecule has 1 aromatic rings. The summed E-state index contributed by atoms with van der Waals surface area (Å²) in [5.74, 6) is 0. The summed E-state index contributed by atoms with van der Waals surface area (Å²) < 4.78 is 31.6. The van der Waals surface area contributed by atoms with Gasteiger partial charge in [0.1, 0.15) is 0 Å². The normalized spacial score (nSPS) is 10.0. The van der Waals surface area contributed by atoms with E-state index in [0.717, 1.165) is 0 Å². The molecule has 0 saturated heterocycles. The number of hydrogen-bond donors (Lipinski definition) is 4. The van der Waals surface area contributed by atoms with Crippen molar-refractivity contribution in [2.24, 2.45) is 0 Å². The summed E-state index contributed by atoms with van der Waals surface area (Å²) in [6, 6.07) is 8.66. The fourth-order valence-electron chi connectivity index (χ4n) is 0.625. The first-order valence-corrected chi connectivity index (χ1v) is 4.81. The van der Waals surface area contributed by atoms with Gasteiger partial charge in [-0.15, -0.1) is 0 Å². The Balaban J connectivity index is 0.000000292. The lowest BCUT2D eigenvalue weighted by molar-refractivity contribution is 0.381. The summed E-state index contributed by atoms with van der Waals surface area (Å²) in [6.07, 6.45) is 0. The average Bonchev–Trinajstić information content (AvgIpc) is 2.03. The Morgan fingerprint density at radius 3 is 1.57 bits per heavy atom. The van der Waals surface area contributed by atoms with Crippen molar-refractivity contribution in [3.05, 3.63) is 30.3 Å². The molecule has 0 aromatic heterocycles. The fourth-order valence-corrected chi connectivity index (χ4v) is 0.625. The van der Waals surface area contributed by atoms with Crippen molar-refractivity contribution in [3.63, 3.8) is 0 Å². The molecule has 0 spiro atoms. The highest BCUT2D eigenvalue weighted by molar-refractivity contribution is 7.79. The van der Waals surface area contributed by atoms with Crippen LogP contribution in [0.2, 0.25) is 0 Å². The van der Waals surface area contributed by atoms with E-state index in [1.165, 1.54) is 0 Å². The van der Waals surface area contributed by atoms with Crippen molar-refractivity contribution in [1.29, 1.82) is 0 Å². The van der Waals surface area contributed by atoms with Crippen LogP contribution in [0.5, 0.6) is 0 Å². The molecule has 0 saturated carbocycles. The molecular weight excluding hydrogens is 211 g/mol. The van der Waals surface area contributed by atoms with Crippen LogP contribution in [0.3, 0.4) is 0 Å². The Morgan fingerprint density at radius 1 is 1.00 bits per heavy atom. The quantitative estimate of drug-likeness (QED) is 0.346. The Kier molecular flexibility index (Phi) is 5.35. The second-order valence-electron chi connectivity index (χ2n) is 2.23. The lowest BCUT2D eigenvalue weighted by Crippen LogP contribution is -2.29. The van der Waals surface area contributed by atoms with Crippen molar-refractivity contribution in [2.45, 2.75) is 0 Å². The topological polar surface area (TPSA) is 115 Å². The average molecular weight is 220 g/mol. The van der Waals surface area contributed by atoms with E-state index in [4.69, 9.17) is 27.6 Å². The van der Waals surface area contributed by atoms with E-state index < -0.39 is 17.5 Å². The minimum atomic E-state index is -4.67. The molecule has 0 aliphatic carbocycles. The van der Waals surface area contributed by atoms with Gasteiger partial charge in [-0.2, -0.15) is 8.42 Å². The standard InChI is InChI=1S/C6H7BO2.H2O4S/c8-7(9)6-4-2-1-3-5-6;1-5(2,3)4/h1-5,8-9H;(H2,1,2,3,4). The summed E-state index contributed by atoms with van der Waals surface area (Å²) in [5.41, 5.74) is 0.525. The van der Waals surface area contributed by atoms with E-state index in [1.807, 2.05) is 6.07 Å². The minimum absolute atomic E-state index is 0.525. The molecule has 1 rings (SSSR count). The summed E-state index contributed by atoms with van der Waals surface area (Å²) in [7, 11) is -6.01. The van der Waals surface area contributed by atoms with Crippen LogP contribution in [0.4, 0.5) is 0 Å². The highest BCUT2D eigenvalue weighted by Gasteiger charge is 2.07. The van der Waals surface area contributed by atoms with E-state index in [-0.39, 0.29) is 0 Å². The van der Waals surface area contributed by atoms with Crippen LogP contribution in [-0.2, 0) is 10.4 Å². The van der Waals surface area contributed by atoms with E-state index in [2.05, 4.69) is 0 Å². The third-order valence-electron chi connectivity index (χ3n) is 1.10. The van der Waals surface area contributed by atoms with Gasteiger partial charge in [0, 0.05) is 0 Å². The first kappa shape index (κ1) is 13.1. The molecule has 0 aliphatic rings. The molecule has 8 heteroatoms. The molecule has 0 amide bonds. The molecule has 0 aliphatic heterocycles. The van der Waals surface area contributed by atoms with Crippen molar-refractivity contribution in [1.82, 2.24) is 0 Å². The number of rotatable bonds is 1. The highest BCUT2D eigenvalue weighted by Crippen LogP contribution is 1.82. The summed E-state index contributed by atoms with van der Waals surface area (Å²) in [6.45, 7) is 0. The first-order valence-electron chi connectivity index (χ1n) is 3.41. The van der Waals surface area contributed by atoms with Crippen LogP contribution in [0.25, 0.3) is 0 Å². The Labute approximate surface area is 81.6 Å². The van der Waals surface area contributed by atoms with Crippen molar-refractivity contribution in [3.8, 4) is 0 Å². The molecule has 0 heterocycles. The van der Waals surface area contributed by atoms with Gasteiger partial charge in [-0.25, -0.2) is 0 Å². The van der Waals surface area contributed by atoms with Crippen LogP contribution >= 0.6 is 0 Å². The van der Waals surface area contributed by atoms with Crippen LogP contribution in [-0.4, -0.2) is 34.7 Å². The zero-order chi connectivity index (χ0) is 11.2. The molecule has 6 nitrogen and oxygen atoms in total. The predicted molar refractivity (Wildman–Crippen MR) is 50.4 cm³/mol. The van der Waals surface area contributed by atoms with E-state index in [1.54, 1.807) is 24.3 Å². The Hall–Kier alpha value is -0.925. The van der Waals surface area contributed by atoms with Crippen molar-refractivity contribution in [2.75, 3.05) is 0 Å². The van der Waals surface area contributed by atoms with Gasteiger partial charge in [0.15, 0.2) is 0 Å². The van der Waals surface area contributed by atoms with Crippen molar-refractivity contribution < 1.29 is 27.6 Å². The third-order valence-corrected chi connectivity index (χ3v) is 1.10.